The summed E-state index contributed by atoms with van der Waals surface area (Å²) in [5.41, 5.74) is 0. The highest BCUT2D eigenvalue weighted by Crippen LogP contribution is 2.36. The zero-order valence-electron chi connectivity index (χ0n) is 42.7. The van der Waals surface area contributed by atoms with Crippen LogP contribution in [0.4, 0.5) is 0 Å². The molecule has 0 aromatic heterocycles. The predicted molar refractivity (Wildman–Crippen MR) is 243 cm³/mol. The molecule has 0 saturated carbocycles. The molecule has 7 heterocycles. The Morgan fingerprint density at radius 1 is 0.321 bits per heavy atom. The molecule has 7 saturated heterocycles. The molecule has 7 aliphatic heterocycles. The minimum atomic E-state index is -2.29. The van der Waals surface area contributed by atoms with E-state index >= 15 is 0 Å². The van der Waals surface area contributed by atoms with Crippen LogP contribution in [0.5, 0.6) is 0 Å². The molecular weight excluding hydrogens is 1120 g/mol. The van der Waals surface area contributed by atoms with Gasteiger partial charge < -0.3 is 179 Å². The van der Waals surface area contributed by atoms with Gasteiger partial charge in [-0.1, -0.05) is 0 Å². The summed E-state index contributed by atoms with van der Waals surface area (Å²) in [4.78, 5) is 12.0. The van der Waals surface area contributed by atoms with Crippen molar-refractivity contribution in [3.63, 3.8) is 0 Å². The first kappa shape index (κ1) is 66.6. The average Bonchev–Trinajstić information content (AvgIpc) is 3.65. The van der Waals surface area contributed by atoms with Gasteiger partial charge in [-0.2, -0.15) is 0 Å². The van der Waals surface area contributed by atoms with Crippen LogP contribution in [0.25, 0.3) is 0 Å². The van der Waals surface area contributed by atoms with E-state index in [9.17, 15) is 117 Å². The average molecular weight is 1190 g/mol. The second kappa shape index (κ2) is 28.7. The summed E-state index contributed by atoms with van der Waals surface area (Å²) in [7, 11) is 0. The first-order chi connectivity index (χ1) is 38.3. The molecule has 0 aromatic rings. The maximum Gasteiger partial charge on any atom is 0.217 e. The molecule has 23 N–H and O–H groups in total. The number of hydrogen-bond donors (Lipinski definition) is 23. The van der Waals surface area contributed by atoms with Crippen molar-refractivity contribution in [2.45, 2.75) is 222 Å². The number of amides is 1. The Bertz CT molecular complexity index is 1940. The summed E-state index contributed by atoms with van der Waals surface area (Å²) in [6.45, 7) is -5.86. The first-order valence-corrected chi connectivity index (χ1v) is 25.6. The van der Waals surface area contributed by atoms with Crippen LogP contribution in [0.3, 0.4) is 0 Å². The van der Waals surface area contributed by atoms with Gasteiger partial charge in [0.2, 0.25) is 5.91 Å². The summed E-state index contributed by atoms with van der Waals surface area (Å²) >= 11 is 0. The number of hydrogen-bond acceptors (Lipinski definition) is 36. The first-order valence-electron chi connectivity index (χ1n) is 25.6. The number of carbonyl (C=O) groups is 1. The molecule has 7 aliphatic rings. The smallest absolute Gasteiger partial charge is 0.217 e. The van der Waals surface area contributed by atoms with Gasteiger partial charge in [0, 0.05) is 6.92 Å². The zero-order valence-corrected chi connectivity index (χ0v) is 42.7. The molecule has 0 radical (unpaired) electrons. The highest BCUT2D eigenvalue weighted by atomic mass is 16.8. The van der Waals surface area contributed by atoms with Crippen molar-refractivity contribution >= 4 is 5.91 Å². The van der Waals surface area contributed by atoms with Crippen LogP contribution < -0.4 is 5.32 Å². The molecule has 0 unspecified atom stereocenters. The number of aliphatic hydroxyl groups is 22. The summed E-state index contributed by atoms with van der Waals surface area (Å²) in [6, 6.07) is -1.64. The highest BCUT2D eigenvalue weighted by molar-refractivity contribution is 5.73. The van der Waals surface area contributed by atoms with E-state index in [2.05, 4.69) is 5.32 Å². The van der Waals surface area contributed by atoms with Gasteiger partial charge in [0.25, 0.3) is 0 Å². The lowest BCUT2D eigenvalue weighted by Gasteiger charge is -2.49. The number of nitrogens with one attached hydrogen (secondary N) is 1. The molecule has 0 bridgehead atoms. The zero-order chi connectivity index (χ0) is 59.6. The number of carbonyl (C=O) groups excluding carboxylic acids is 1. The molecule has 7 rings (SSSR count). The van der Waals surface area contributed by atoms with Crippen molar-refractivity contribution in [2.75, 3.05) is 46.2 Å². The molecule has 81 heavy (non-hydrogen) atoms. The molecular formula is C44H75NO36. The third-order valence-corrected chi connectivity index (χ3v) is 14.9. The van der Waals surface area contributed by atoms with Crippen LogP contribution in [0.15, 0.2) is 0 Å². The molecule has 0 aliphatic carbocycles. The van der Waals surface area contributed by atoms with Gasteiger partial charge in [-0.05, 0) is 0 Å². The fraction of sp³-hybridized carbons (Fsp3) is 0.977. The van der Waals surface area contributed by atoms with E-state index in [0.29, 0.717) is 0 Å². The van der Waals surface area contributed by atoms with Crippen LogP contribution >= 0.6 is 0 Å². The molecule has 35 atom stereocenters. The Labute approximate surface area is 457 Å². The third-order valence-electron chi connectivity index (χ3n) is 14.9. The minimum absolute atomic E-state index is 0.777. The van der Waals surface area contributed by atoms with Crippen molar-refractivity contribution in [3.8, 4) is 0 Å². The standard InChI is InChI=1S/C44H75NO36/c1-9(51)45-17-24(58)34(14(6-50)71-38(17)68)78-43-33(67)36(80-41-30(64)26(60)19(53)11(3-47)73-41)23(57)16(77-43)7-69-39-32(66)35(79-40-29(63)25(59)18(52)10(2-46)72-40)22(56)15(76-39)8-70-44-37(28(62)21(55)13(5-49)75-44)81-42-31(65)27(61)20(54)12(4-48)74-42/h10-44,46-50,52-68H,2-8H2,1H3,(H,45,51)/t10-,11-,12+,13+,14-,15-,16+,17-,18-,19-,20+,21+,22-,23+,24-,25+,26+,27-,28-,29+,30+,31-,32+,33-,34-,35+,36-,37-,38-,39+,40-,41-,42+,43-,44-/m0/s1. The Kier molecular flexibility index (Phi) is 23.6. The fourth-order valence-corrected chi connectivity index (χ4v) is 10.2. The van der Waals surface area contributed by atoms with Crippen molar-refractivity contribution < 1.29 is 179 Å². The van der Waals surface area contributed by atoms with Gasteiger partial charge in [0.15, 0.2) is 44.0 Å². The second-order valence-corrected chi connectivity index (χ2v) is 20.4. The van der Waals surface area contributed by atoms with Crippen molar-refractivity contribution in [1.82, 2.24) is 5.32 Å². The molecule has 37 heteroatoms. The van der Waals surface area contributed by atoms with Crippen molar-refractivity contribution in [3.05, 3.63) is 0 Å². The molecule has 472 valence electrons. The molecule has 1 amide bonds. The van der Waals surface area contributed by atoms with Crippen LogP contribution in [0, 0.1) is 0 Å². The molecule has 0 spiro atoms. The Balaban J connectivity index is 1.17. The van der Waals surface area contributed by atoms with Crippen molar-refractivity contribution in [2.24, 2.45) is 0 Å². The summed E-state index contributed by atoms with van der Waals surface area (Å²) in [6.07, 6.45) is -67.6. The molecule has 37 nitrogen and oxygen atoms in total. The van der Waals surface area contributed by atoms with E-state index in [4.69, 9.17) is 61.6 Å². The maximum atomic E-state index is 12.0. The number of rotatable bonds is 20. The van der Waals surface area contributed by atoms with Gasteiger partial charge in [0.05, 0.1) is 46.2 Å². The fourth-order valence-electron chi connectivity index (χ4n) is 10.2. The lowest BCUT2D eigenvalue weighted by Crippen LogP contribution is -2.68. The lowest BCUT2D eigenvalue weighted by molar-refractivity contribution is -0.387. The Morgan fingerprint density at radius 3 is 1.05 bits per heavy atom. The monoisotopic (exact) mass is 1190 g/mol. The lowest BCUT2D eigenvalue weighted by atomic mass is 9.95. The van der Waals surface area contributed by atoms with E-state index in [1.165, 1.54) is 0 Å². The summed E-state index contributed by atoms with van der Waals surface area (Å²) in [5, 5.41) is 238. The maximum absolute atomic E-state index is 12.0. The second-order valence-electron chi connectivity index (χ2n) is 20.4. The van der Waals surface area contributed by atoms with E-state index in [1.54, 1.807) is 0 Å². The predicted octanol–water partition coefficient (Wildman–Crippen LogP) is -16.1. The third kappa shape index (κ3) is 14.2. The number of aliphatic hydroxyl groups excluding tert-OH is 22. The van der Waals surface area contributed by atoms with Crippen LogP contribution in [-0.4, -0.2) is 379 Å². The van der Waals surface area contributed by atoms with Crippen LogP contribution in [0.1, 0.15) is 6.92 Å². The summed E-state index contributed by atoms with van der Waals surface area (Å²) < 4.78 is 73.8. The highest BCUT2D eigenvalue weighted by Gasteiger charge is 2.57. The Hall–Kier alpha value is -1.93. The summed E-state index contributed by atoms with van der Waals surface area (Å²) in [5.74, 6) is -0.777. The topological polar surface area (TPSA) is 594 Å². The van der Waals surface area contributed by atoms with Crippen LogP contribution in [-0.2, 0) is 66.4 Å². The van der Waals surface area contributed by atoms with Gasteiger partial charge >= 0.3 is 0 Å². The van der Waals surface area contributed by atoms with Gasteiger partial charge in [-0.25, -0.2) is 0 Å². The van der Waals surface area contributed by atoms with Gasteiger partial charge in [-0.3, -0.25) is 4.79 Å². The van der Waals surface area contributed by atoms with Gasteiger partial charge in [-0.15, -0.1) is 0 Å². The minimum Gasteiger partial charge on any atom is -0.394 e. The molecule has 7 fully saturated rings. The number of ether oxygens (including phenoxy) is 13. The Morgan fingerprint density at radius 2 is 0.642 bits per heavy atom. The normalized spacial score (nSPS) is 51.9. The van der Waals surface area contributed by atoms with E-state index in [-0.39, 0.29) is 0 Å². The van der Waals surface area contributed by atoms with Crippen LogP contribution in [0.2, 0.25) is 0 Å². The quantitative estimate of drug-likeness (QED) is 0.0538. The largest absolute Gasteiger partial charge is 0.394 e. The van der Waals surface area contributed by atoms with Crippen molar-refractivity contribution in [1.29, 1.82) is 0 Å². The SMILES string of the molecule is CC(=O)N[C@H]1[C@H](O)[C@@H](O[C@@H]2O[C@H](CO[C@@H]3O[C@@H](CO[C@H]4O[C@H](CO)[C@@H](O)[C@H](O)[C@@H]4O[C@H]4O[C@H](CO)[C@@H](O)[C@H](O)[C@@H]4O)[C@H](O)[C@@H](O[C@@H]4O[C@@H](CO)[C@H](O)[C@@H](O)[C@H]4O)[C@H]3O)[C@@H](O)[C@H](O[C@@H]3O[C@@H](CO)[C@H](O)[C@@H](O)[C@H]3O)[C@@H]2O)[C@H](CO)O[C@@H]1O. The van der Waals surface area contributed by atoms with E-state index in [1.807, 2.05) is 0 Å². The van der Waals surface area contributed by atoms with Gasteiger partial charge in [0.1, 0.15) is 171 Å². The van der Waals surface area contributed by atoms with E-state index < -0.39 is 267 Å². The van der Waals surface area contributed by atoms with E-state index in [0.717, 1.165) is 6.92 Å². The molecule has 0 aromatic carbocycles.